The van der Waals surface area contributed by atoms with Crippen LogP contribution in [0, 0.1) is 0 Å². The van der Waals surface area contributed by atoms with E-state index in [2.05, 4.69) is 23.8 Å². The molecule has 1 aliphatic rings. The lowest BCUT2D eigenvalue weighted by Crippen LogP contribution is -2.50. The van der Waals surface area contributed by atoms with E-state index in [1.54, 1.807) is 12.1 Å². The van der Waals surface area contributed by atoms with Crippen molar-refractivity contribution in [3.8, 4) is 0 Å². The second-order valence-corrected chi connectivity index (χ2v) is 4.88. The van der Waals surface area contributed by atoms with Crippen LogP contribution in [0.5, 0.6) is 0 Å². The summed E-state index contributed by atoms with van der Waals surface area (Å²) in [7, 11) is 2.10. The summed E-state index contributed by atoms with van der Waals surface area (Å²) in [6, 6.07) is 5.32. The number of likely N-dealkylation sites (N-methyl/N-ethyl adjacent to an activating group) is 1. The number of hydrogen-bond donors (Lipinski definition) is 2. The Bertz CT molecular complexity index is 462. The summed E-state index contributed by atoms with van der Waals surface area (Å²) in [5.41, 5.74) is 7.67. The minimum Gasteiger partial charge on any atom is -0.478 e. The molecule has 0 amide bonds. The second-order valence-electron chi connectivity index (χ2n) is 4.88. The Kier molecular flexibility index (Phi) is 3.43. The van der Waals surface area contributed by atoms with Gasteiger partial charge in [0.25, 0.3) is 0 Å². The van der Waals surface area contributed by atoms with Gasteiger partial charge in [0, 0.05) is 25.7 Å². The smallest absolute Gasteiger partial charge is 0.335 e. The van der Waals surface area contributed by atoms with Gasteiger partial charge in [-0.25, -0.2) is 4.79 Å². The number of rotatable bonds is 2. The molecule has 98 valence electrons. The molecule has 1 aromatic carbocycles. The maximum absolute atomic E-state index is 10.9. The third-order valence-corrected chi connectivity index (χ3v) is 3.41. The summed E-state index contributed by atoms with van der Waals surface area (Å²) in [6.45, 7) is 5.04. The number of hydrogen-bond acceptors (Lipinski definition) is 4. The van der Waals surface area contributed by atoms with E-state index in [1.807, 2.05) is 0 Å². The summed E-state index contributed by atoms with van der Waals surface area (Å²) < 4.78 is 0. The van der Waals surface area contributed by atoms with Crippen LogP contribution in [-0.2, 0) is 0 Å². The molecular weight excluding hydrogens is 230 g/mol. The molecule has 1 heterocycles. The van der Waals surface area contributed by atoms with Gasteiger partial charge in [-0.05, 0) is 32.2 Å². The van der Waals surface area contributed by atoms with Crippen LogP contribution in [0.1, 0.15) is 17.3 Å². The van der Waals surface area contributed by atoms with Crippen LogP contribution in [-0.4, -0.2) is 48.7 Å². The number of carboxylic acid groups (broad SMARTS) is 1. The van der Waals surface area contributed by atoms with Crippen LogP contribution in [0.15, 0.2) is 18.2 Å². The van der Waals surface area contributed by atoms with Crippen molar-refractivity contribution in [3.05, 3.63) is 23.8 Å². The van der Waals surface area contributed by atoms with Crippen LogP contribution in [0.3, 0.4) is 0 Å². The molecule has 1 atom stereocenters. The molecule has 0 spiro atoms. The van der Waals surface area contributed by atoms with Gasteiger partial charge in [-0.2, -0.15) is 0 Å². The lowest BCUT2D eigenvalue weighted by Gasteiger charge is -2.40. The molecule has 5 heteroatoms. The molecule has 0 radical (unpaired) electrons. The average molecular weight is 249 g/mol. The molecule has 3 N–H and O–H groups in total. The number of aromatic carboxylic acids is 1. The van der Waals surface area contributed by atoms with Crippen molar-refractivity contribution in [2.45, 2.75) is 13.0 Å². The highest BCUT2D eigenvalue weighted by Crippen LogP contribution is 2.27. The van der Waals surface area contributed by atoms with Crippen molar-refractivity contribution >= 4 is 17.3 Å². The number of benzene rings is 1. The van der Waals surface area contributed by atoms with Crippen molar-refractivity contribution in [1.82, 2.24) is 4.90 Å². The Morgan fingerprint density at radius 2 is 2.17 bits per heavy atom. The Hall–Kier alpha value is -1.75. The number of carboxylic acids is 1. The third kappa shape index (κ3) is 2.41. The van der Waals surface area contributed by atoms with Gasteiger partial charge in [-0.15, -0.1) is 0 Å². The fraction of sp³-hybridized carbons (Fsp3) is 0.462. The Labute approximate surface area is 107 Å². The maximum Gasteiger partial charge on any atom is 0.335 e. The first kappa shape index (κ1) is 12.7. The predicted molar refractivity (Wildman–Crippen MR) is 72.1 cm³/mol. The van der Waals surface area contributed by atoms with Crippen molar-refractivity contribution in [3.63, 3.8) is 0 Å². The normalized spacial score (nSPS) is 21.0. The minimum absolute atomic E-state index is 0.234. The van der Waals surface area contributed by atoms with Crippen LogP contribution < -0.4 is 10.6 Å². The van der Waals surface area contributed by atoms with Gasteiger partial charge in [-0.3, -0.25) is 0 Å². The first-order chi connectivity index (χ1) is 8.49. The Balaban J connectivity index is 2.26. The quantitative estimate of drug-likeness (QED) is 0.768. The summed E-state index contributed by atoms with van der Waals surface area (Å²) in [6.07, 6.45) is 0. The molecule has 0 aromatic heterocycles. The zero-order chi connectivity index (χ0) is 13.3. The predicted octanol–water partition coefficient (Wildman–Crippen LogP) is 1.11. The summed E-state index contributed by atoms with van der Waals surface area (Å²) in [5, 5.41) is 8.92. The summed E-state index contributed by atoms with van der Waals surface area (Å²) in [4.78, 5) is 15.4. The maximum atomic E-state index is 10.9. The highest BCUT2D eigenvalue weighted by molar-refractivity contribution is 5.90. The molecule has 18 heavy (non-hydrogen) atoms. The SMILES string of the molecule is CC1CN(C)CCN1c1ccc(C(=O)O)cc1N. The first-order valence-corrected chi connectivity index (χ1v) is 6.07. The van der Waals surface area contributed by atoms with Crippen molar-refractivity contribution < 1.29 is 9.90 Å². The van der Waals surface area contributed by atoms with E-state index in [1.165, 1.54) is 6.07 Å². The van der Waals surface area contributed by atoms with E-state index in [9.17, 15) is 4.79 Å². The van der Waals surface area contributed by atoms with E-state index in [-0.39, 0.29) is 5.56 Å². The van der Waals surface area contributed by atoms with E-state index in [0.717, 1.165) is 25.3 Å². The summed E-state index contributed by atoms with van der Waals surface area (Å²) in [5.74, 6) is -0.945. The monoisotopic (exact) mass is 249 g/mol. The third-order valence-electron chi connectivity index (χ3n) is 3.41. The molecule has 0 saturated carbocycles. The van der Waals surface area contributed by atoms with Gasteiger partial charge < -0.3 is 20.6 Å². The van der Waals surface area contributed by atoms with E-state index >= 15 is 0 Å². The summed E-state index contributed by atoms with van der Waals surface area (Å²) >= 11 is 0. The number of carbonyl (C=O) groups is 1. The number of nitrogens with two attached hydrogens (primary N) is 1. The van der Waals surface area contributed by atoms with E-state index in [0.29, 0.717) is 11.7 Å². The van der Waals surface area contributed by atoms with Crippen LogP contribution >= 0.6 is 0 Å². The zero-order valence-electron chi connectivity index (χ0n) is 10.8. The van der Waals surface area contributed by atoms with Gasteiger partial charge in [0.05, 0.1) is 16.9 Å². The zero-order valence-corrected chi connectivity index (χ0v) is 10.8. The average Bonchev–Trinajstić information content (AvgIpc) is 2.30. The number of piperazine rings is 1. The molecule has 2 rings (SSSR count). The number of nitrogens with zero attached hydrogens (tertiary/aromatic N) is 2. The lowest BCUT2D eigenvalue weighted by atomic mass is 10.1. The first-order valence-electron chi connectivity index (χ1n) is 6.07. The highest BCUT2D eigenvalue weighted by atomic mass is 16.4. The topological polar surface area (TPSA) is 69.8 Å². The Morgan fingerprint density at radius 1 is 1.44 bits per heavy atom. The van der Waals surface area contributed by atoms with Crippen LogP contribution in [0.25, 0.3) is 0 Å². The van der Waals surface area contributed by atoms with Crippen LogP contribution in [0.2, 0.25) is 0 Å². The molecule has 1 saturated heterocycles. The van der Waals surface area contributed by atoms with Crippen molar-refractivity contribution in [1.29, 1.82) is 0 Å². The number of anilines is 2. The van der Waals surface area contributed by atoms with Crippen LogP contribution in [0.4, 0.5) is 11.4 Å². The molecular formula is C13H19N3O2. The molecule has 5 nitrogen and oxygen atoms in total. The molecule has 0 bridgehead atoms. The van der Waals surface area contributed by atoms with Crippen molar-refractivity contribution in [2.75, 3.05) is 37.3 Å². The van der Waals surface area contributed by atoms with Gasteiger partial charge in [0.2, 0.25) is 0 Å². The lowest BCUT2D eigenvalue weighted by molar-refractivity contribution is 0.0697. The largest absolute Gasteiger partial charge is 0.478 e. The van der Waals surface area contributed by atoms with Crippen molar-refractivity contribution in [2.24, 2.45) is 0 Å². The Morgan fingerprint density at radius 3 is 2.72 bits per heavy atom. The second kappa shape index (κ2) is 4.86. The minimum atomic E-state index is -0.945. The number of nitrogen functional groups attached to an aromatic ring is 1. The van der Waals surface area contributed by atoms with Gasteiger partial charge >= 0.3 is 5.97 Å². The fourth-order valence-corrected chi connectivity index (χ4v) is 2.45. The molecule has 1 aliphatic heterocycles. The van der Waals surface area contributed by atoms with Gasteiger partial charge in [0.1, 0.15) is 0 Å². The van der Waals surface area contributed by atoms with Gasteiger partial charge in [0.15, 0.2) is 0 Å². The van der Waals surface area contributed by atoms with E-state index in [4.69, 9.17) is 10.8 Å². The molecule has 1 aromatic rings. The van der Waals surface area contributed by atoms with E-state index < -0.39 is 5.97 Å². The molecule has 1 unspecified atom stereocenters. The fourth-order valence-electron chi connectivity index (χ4n) is 2.45. The standard InChI is InChI=1S/C13H19N3O2/c1-9-8-15(2)5-6-16(9)12-4-3-10(13(17)18)7-11(12)14/h3-4,7,9H,5-6,8,14H2,1-2H3,(H,17,18). The highest BCUT2D eigenvalue weighted by Gasteiger charge is 2.23. The molecule has 1 fully saturated rings. The molecule has 0 aliphatic carbocycles. The van der Waals surface area contributed by atoms with Gasteiger partial charge in [-0.1, -0.05) is 0 Å².